The predicted molar refractivity (Wildman–Crippen MR) is 113 cm³/mol. The van der Waals surface area contributed by atoms with Crippen molar-refractivity contribution in [2.75, 3.05) is 0 Å². The molecule has 2 heterocycles. The highest BCUT2D eigenvalue weighted by Crippen LogP contribution is 2.74. The van der Waals surface area contributed by atoms with Gasteiger partial charge in [0.15, 0.2) is 0 Å². The van der Waals surface area contributed by atoms with Gasteiger partial charge in [0.2, 0.25) is 11.6 Å². The Bertz CT molecular complexity index is 729. The van der Waals surface area contributed by atoms with Gasteiger partial charge in [-0.05, 0) is 86.9 Å². The quantitative estimate of drug-likeness (QED) is 0.440. The van der Waals surface area contributed by atoms with E-state index in [1.807, 2.05) is 0 Å². The summed E-state index contributed by atoms with van der Waals surface area (Å²) < 4.78 is 12.4. The lowest BCUT2D eigenvalue weighted by Crippen LogP contribution is -2.67. The molecule has 8 fully saturated rings. The molecule has 2 saturated heterocycles. The van der Waals surface area contributed by atoms with Crippen molar-refractivity contribution >= 4 is 11.6 Å². The number of rotatable bonds is 7. The van der Waals surface area contributed by atoms with E-state index in [-0.39, 0.29) is 46.8 Å². The van der Waals surface area contributed by atoms with Crippen molar-refractivity contribution in [3.05, 3.63) is 0 Å². The zero-order chi connectivity index (χ0) is 21.1. The molecule has 0 spiro atoms. The molecule has 0 aromatic heterocycles. The Morgan fingerprint density at radius 3 is 1.40 bits per heavy atom. The Morgan fingerprint density at radius 2 is 1.07 bits per heavy atom. The van der Waals surface area contributed by atoms with E-state index in [1.54, 1.807) is 0 Å². The highest BCUT2D eigenvalue weighted by molar-refractivity contribution is 6.42. The lowest BCUT2D eigenvalue weighted by molar-refractivity contribution is -0.173. The lowest BCUT2D eigenvalue weighted by atomic mass is 9.40. The standard InChI is InChI=1S/C26H38O4/c1-5-23(6-2)13-15-9-11-25(23,21-17(15)29-21)19(27)20(28)26-12-10-16(18-22(26)30-18)14-24(26,7-3)8-4/h15-18,21-22H,5-14H2,1-4H3. The van der Waals surface area contributed by atoms with Crippen LogP contribution in [0, 0.1) is 33.5 Å². The summed E-state index contributed by atoms with van der Waals surface area (Å²) in [5, 5.41) is 0. The predicted octanol–water partition coefficient (Wildman–Crippen LogP) is 4.87. The average molecular weight is 415 g/mol. The van der Waals surface area contributed by atoms with Crippen LogP contribution in [0.15, 0.2) is 0 Å². The molecular weight excluding hydrogens is 376 g/mol. The van der Waals surface area contributed by atoms with E-state index in [4.69, 9.17) is 9.47 Å². The number of epoxide rings is 2. The van der Waals surface area contributed by atoms with Crippen molar-refractivity contribution in [3.8, 4) is 0 Å². The molecule has 6 aliphatic carbocycles. The molecule has 0 radical (unpaired) electrons. The van der Waals surface area contributed by atoms with Crippen LogP contribution in [0.4, 0.5) is 0 Å². The molecule has 8 unspecified atom stereocenters. The molecule has 6 saturated carbocycles. The number of hydrogen-bond donors (Lipinski definition) is 0. The van der Waals surface area contributed by atoms with Gasteiger partial charge in [-0.1, -0.05) is 27.7 Å². The van der Waals surface area contributed by atoms with Crippen molar-refractivity contribution in [1.82, 2.24) is 0 Å². The molecule has 30 heavy (non-hydrogen) atoms. The van der Waals surface area contributed by atoms with Crippen molar-refractivity contribution in [2.24, 2.45) is 33.5 Å². The molecule has 8 atom stereocenters. The van der Waals surface area contributed by atoms with Gasteiger partial charge in [-0.15, -0.1) is 0 Å². The van der Waals surface area contributed by atoms with Crippen molar-refractivity contribution in [1.29, 1.82) is 0 Å². The normalized spacial score (nSPS) is 50.5. The summed E-state index contributed by atoms with van der Waals surface area (Å²) in [6, 6.07) is 0. The summed E-state index contributed by atoms with van der Waals surface area (Å²) in [4.78, 5) is 29.1. The number of ketones is 2. The molecule has 4 heteroatoms. The molecule has 166 valence electrons. The first-order chi connectivity index (χ1) is 14.4. The van der Waals surface area contributed by atoms with Gasteiger partial charge in [-0.3, -0.25) is 9.59 Å². The molecule has 4 nitrogen and oxygen atoms in total. The highest BCUT2D eigenvalue weighted by atomic mass is 16.6. The third kappa shape index (κ3) is 1.91. The van der Waals surface area contributed by atoms with Crippen LogP contribution in [-0.2, 0) is 19.1 Å². The third-order valence-electron chi connectivity index (χ3n) is 11.7. The van der Waals surface area contributed by atoms with Crippen molar-refractivity contribution in [2.45, 2.75) is 116 Å². The molecule has 2 aliphatic heterocycles. The van der Waals surface area contributed by atoms with Gasteiger partial charge >= 0.3 is 0 Å². The van der Waals surface area contributed by atoms with Gasteiger partial charge in [0, 0.05) is 0 Å². The van der Waals surface area contributed by atoms with Gasteiger partial charge in [-0.25, -0.2) is 0 Å². The van der Waals surface area contributed by atoms with Gasteiger partial charge < -0.3 is 9.47 Å². The van der Waals surface area contributed by atoms with Crippen LogP contribution in [0.25, 0.3) is 0 Å². The Labute approximate surface area is 180 Å². The van der Waals surface area contributed by atoms with E-state index in [2.05, 4.69) is 27.7 Å². The van der Waals surface area contributed by atoms with Gasteiger partial charge in [0.05, 0.1) is 35.2 Å². The fourth-order valence-corrected chi connectivity index (χ4v) is 9.85. The number of ether oxygens (including phenoxy) is 2. The topological polar surface area (TPSA) is 59.2 Å². The first kappa shape index (κ1) is 19.9. The number of carbonyl (C=O) groups is 2. The van der Waals surface area contributed by atoms with Crippen LogP contribution >= 0.6 is 0 Å². The maximum atomic E-state index is 14.5. The Hall–Kier alpha value is -0.740. The SMILES string of the molecule is CCC1(CC)CC2CCC1(C(=O)C(=O)C13CCC(CC1(CC)CC)C1OC13)C1OC21. The minimum Gasteiger partial charge on any atom is -0.368 e. The molecule has 0 aromatic carbocycles. The Kier molecular flexibility index (Phi) is 3.97. The second-order valence-corrected chi connectivity index (χ2v) is 11.6. The summed E-state index contributed by atoms with van der Waals surface area (Å²) in [7, 11) is 0. The maximum Gasteiger partial charge on any atom is 0.208 e. The van der Waals surface area contributed by atoms with Crippen molar-refractivity contribution < 1.29 is 19.1 Å². The molecule has 0 amide bonds. The van der Waals surface area contributed by atoms with E-state index in [0.29, 0.717) is 11.8 Å². The summed E-state index contributed by atoms with van der Waals surface area (Å²) >= 11 is 0. The van der Waals surface area contributed by atoms with Crippen LogP contribution < -0.4 is 0 Å². The number of carbonyl (C=O) groups excluding carboxylic acids is 2. The molecule has 4 bridgehead atoms. The van der Waals surface area contributed by atoms with E-state index < -0.39 is 10.8 Å². The van der Waals surface area contributed by atoms with Crippen LogP contribution in [0.2, 0.25) is 0 Å². The fraction of sp³-hybridized carbons (Fsp3) is 0.923. The van der Waals surface area contributed by atoms with E-state index in [0.717, 1.165) is 64.2 Å². The molecule has 0 aromatic rings. The number of hydrogen-bond acceptors (Lipinski definition) is 4. The lowest BCUT2D eigenvalue weighted by Gasteiger charge is -2.60. The summed E-state index contributed by atoms with van der Waals surface area (Å²) in [6.45, 7) is 8.92. The van der Waals surface area contributed by atoms with E-state index in [9.17, 15) is 9.59 Å². The second kappa shape index (κ2) is 5.98. The van der Waals surface area contributed by atoms with Gasteiger partial charge in [0.25, 0.3) is 0 Å². The minimum absolute atomic E-state index is 0.00810. The minimum atomic E-state index is -0.590. The smallest absolute Gasteiger partial charge is 0.208 e. The average Bonchev–Trinajstić information content (AvgIpc) is 3.70. The van der Waals surface area contributed by atoms with Crippen LogP contribution in [-0.4, -0.2) is 36.0 Å². The number of Topliss-reactive ketones (excluding diaryl/α,β-unsaturated/α-hetero) is 2. The molecular formula is C26H38O4. The maximum absolute atomic E-state index is 14.5. The Balaban J connectivity index is 1.46. The highest BCUT2D eigenvalue weighted by Gasteiger charge is 2.80. The summed E-state index contributed by atoms with van der Waals surface area (Å²) in [5.74, 6) is 1.06. The first-order valence-electron chi connectivity index (χ1n) is 12.8. The summed E-state index contributed by atoms with van der Waals surface area (Å²) in [6.07, 6.45) is 10.2. The number of fused-ring (bicyclic) bond motifs is 4. The molecule has 8 aliphatic rings. The van der Waals surface area contributed by atoms with E-state index in [1.165, 1.54) is 0 Å². The second-order valence-electron chi connectivity index (χ2n) is 11.6. The van der Waals surface area contributed by atoms with Crippen LogP contribution in [0.5, 0.6) is 0 Å². The Morgan fingerprint density at radius 1 is 0.700 bits per heavy atom. The van der Waals surface area contributed by atoms with Crippen molar-refractivity contribution in [3.63, 3.8) is 0 Å². The monoisotopic (exact) mass is 414 g/mol. The fourth-order valence-electron chi connectivity index (χ4n) is 9.85. The zero-order valence-electron chi connectivity index (χ0n) is 19.2. The van der Waals surface area contributed by atoms with Crippen LogP contribution in [0.3, 0.4) is 0 Å². The molecule has 0 N–H and O–H groups in total. The largest absolute Gasteiger partial charge is 0.368 e. The van der Waals surface area contributed by atoms with Crippen LogP contribution in [0.1, 0.15) is 91.9 Å². The summed E-state index contributed by atoms with van der Waals surface area (Å²) in [5.41, 5.74) is -1.33. The zero-order valence-corrected chi connectivity index (χ0v) is 19.2. The first-order valence-corrected chi connectivity index (χ1v) is 12.8. The van der Waals surface area contributed by atoms with E-state index >= 15 is 0 Å². The third-order valence-corrected chi connectivity index (χ3v) is 11.7. The van der Waals surface area contributed by atoms with Gasteiger partial charge in [0.1, 0.15) is 0 Å². The molecule has 8 rings (SSSR count). The van der Waals surface area contributed by atoms with Gasteiger partial charge in [-0.2, -0.15) is 0 Å².